The average Bonchev–Trinajstić information content (AvgIpc) is 2.31. The highest BCUT2D eigenvalue weighted by Crippen LogP contribution is 2.30. The first-order valence-electron chi connectivity index (χ1n) is 4.97. The highest BCUT2D eigenvalue weighted by Gasteiger charge is 2.18. The van der Waals surface area contributed by atoms with Gasteiger partial charge in [0.25, 0.3) is 0 Å². The second-order valence-corrected chi connectivity index (χ2v) is 4.31. The van der Waals surface area contributed by atoms with Crippen LogP contribution in [-0.4, -0.2) is 26.8 Å². The van der Waals surface area contributed by atoms with Crippen LogP contribution in [0.2, 0.25) is 0 Å². The molecule has 1 aliphatic heterocycles. The second-order valence-electron chi connectivity index (χ2n) is 3.45. The Morgan fingerprint density at radius 3 is 3.07 bits per heavy atom. The molecule has 3 nitrogen and oxygen atoms in total. The molecule has 0 spiro atoms. The number of methoxy groups -OCH3 is 1. The molecule has 2 rings (SSSR count). The Morgan fingerprint density at radius 2 is 2.40 bits per heavy atom. The van der Waals surface area contributed by atoms with E-state index < -0.39 is 0 Å². The van der Waals surface area contributed by atoms with Crippen LogP contribution in [0.25, 0.3) is 0 Å². The summed E-state index contributed by atoms with van der Waals surface area (Å²) in [6.45, 7) is 2.54. The Bertz CT molecular complexity index is 337. The van der Waals surface area contributed by atoms with E-state index in [4.69, 9.17) is 9.47 Å². The smallest absolute Gasteiger partial charge is 0.119 e. The maximum Gasteiger partial charge on any atom is 0.119 e. The summed E-state index contributed by atoms with van der Waals surface area (Å²) in [5.41, 5.74) is 1.14. The van der Waals surface area contributed by atoms with E-state index in [1.807, 2.05) is 18.2 Å². The van der Waals surface area contributed by atoms with Gasteiger partial charge in [-0.25, -0.2) is 0 Å². The van der Waals surface area contributed by atoms with Gasteiger partial charge >= 0.3 is 0 Å². The molecule has 1 N–H and O–H groups in total. The number of hydrogen-bond donors (Lipinski definition) is 1. The maximum absolute atomic E-state index is 5.70. The Morgan fingerprint density at radius 1 is 1.53 bits per heavy atom. The first-order chi connectivity index (χ1) is 7.31. The zero-order chi connectivity index (χ0) is 10.7. The summed E-state index contributed by atoms with van der Waals surface area (Å²) in [6.07, 6.45) is 0.114. The third kappa shape index (κ3) is 2.51. The molecule has 1 aliphatic rings. The van der Waals surface area contributed by atoms with Crippen molar-refractivity contribution >= 4 is 15.9 Å². The van der Waals surface area contributed by atoms with Crippen molar-refractivity contribution in [2.24, 2.45) is 0 Å². The molecule has 1 saturated heterocycles. The first-order valence-corrected chi connectivity index (χ1v) is 5.76. The van der Waals surface area contributed by atoms with E-state index in [1.54, 1.807) is 7.11 Å². The Kier molecular flexibility index (Phi) is 3.61. The zero-order valence-corrected chi connectivity index (χ0v) is 10.2. The van der Waals surface area contributed by atoms with Crippen molar-refractivity contribution in [1.82, 2.24) is 5.32 Å². The van der Waals surface area contributed by atoms with Crippen LogP contribution in [0.3, 0.4) is 0 Å². The van der Waals surface area contributed by atoms with Crippen LogP contribution in [-0.2, 0) is 4.74 Å². The largest absolute Gasteiger partial charge is 0.497 e. The van der Waals surface area contributed by atoms with Gasteiger partial charge < -0.3 is 14.8 Å². The van der Waals surface area contributed by atoms with E-state index in [9.17, 15) is 0 Å². The first kappa shape index (κ1) is 10.9. The Balaban J connectivity index is 2.24. The molecular weight excluding hydrogens is 258 g/mol. The molecule has 1 unspecified atom stereocenters. The summed E-state index contributed by atoms with van der Waals surface area (Å²) in [7, 11) is 1.67. The highest BCUT2D eigenvalue weighted by molar-refractivity contribution is 9.10. The third-order valence-corrected chi connectivity index (χ3v) is 3.20. The number of hydrogen-bond acceptors (Lipinski definition) is 3. The lowest BCUT2D eigenvalue weighted by molar-refractivity contribution is 0.0271. The molecule has 1 aromatic carbocycles. The van der Waals surface area contributed by atoms with Crippen LogP contribution >= 0.6 is 15.9 Å². The molecule has 82 valence electrons. The molecule has 4 heteroatoms. The molecule has 1 fully saturated rings. The Labute approximate surface area is 97.9 Å². The molecule has 15 heavy (non-hydrogen) atoms. The third-order valence-electron chi connectivity index (χ3n) is 2.48. The van der Waals surface area contributed by atoms with Crippen molar-refractivity contribution in [3.8, 4) is 5.75 Å². The summed E-state index contributed by atoms with van der Waals surface area (Å²) < 4.78 is 12.0. The average molecular weight is 272 g/mol. The lowest BCUT2D eigenvalue weighted by Gasteiger charge is -2.25. The molecule has 0 bridgehead atoms. The van der Waals surface area contributed by atoms with Crippen LogP contribution in [0, 0.1) is 0 Å². The summed E-state index contributed by atoms with van der Waals surface area (Å²) in [5.74, 6) is 0.863. The van der Waals surface area contributed by atoms with Crippen LogP contribution < -0.4 is 10.1 Å². The van der Waals surface area contributed by atoms with Gasteiger partial charge in [0.2, 0.25) is 0 Å². The molecule has 0 radical (unpaired) electrons. The van der Waals surface area contributed by atoms with Crippen molar-refractivity contribution in [3.05, 3.63) is 28.2 Å². The number of rotatable bonds is 2. The number of halogens is 1. The van der Waals surface area contributed by atoms with Gasteiger partial charge in [0.05, 0.1) is 19.8 Å². The molecular formula is C11H14BrNO2. The van der Waals surface area contributed by atoms with Gasteiger partial charge in [0.1, 0.15) is 5.75 Å². The van der Waals surface area contributed by atoms with Crippen molar-refractivity contribution in [2.75, 3.05) is 26.8 Å². The minimum atomic E-state index is 0.114. The summed E-state index contributed by atoms with van der Waals surface area (Å²) >= 11 is 3.53. The molecule has 0 aliphatic carbocycles. The van der Waals surface area contributed by atoms with Crippen molar-refractivity contribution < 1.29 is 9.47 Å². The second kappa shape index (κ2) is 4.96. The fourth-order valence-corrected chi connectivity index (χ4v) is 2.16. The molecule has 1 heterocycles. The quantitative estimate of drug-likeness (QED) is 0.894. The van der Waals surface area contributed by atoms with Gasteiger partial charge in [-0.1, -0.05) is 15.9 Å². The summed E-state index contributed by atoms with van der Waals surface area (Å²) in [6, 6.07) is 5.94. The van der Waals surface area contributed by atoms with E-state index >= 15 is 0 Å². The number of ether oxygens (including phenoxy) is 2. The van der Waals surface area contributed by atoms with E-state index in [0.717, 1.165) is 35.5 Å². The normalized spacial score (nSPS) is 21.3. The van der Waals surface area contributed by atoms with Gasteiger partial charge in [-0.3, -0.25) is 0 Å². The lowest BCUT2D eigenvalue weighted by Crippen LogP contribution is -2.33. The monoisotopic (exact) mass is 271 g/mol. The van der Waals surface area contributed by atoms with Crippen LogP contribution in [0.15, 0.2) is 22.7 Å². The molecule has 0 amide bonds. The van der Waals surface area contributed by atoms with Gasteiger partial charge in [-0.15, -0.1) is 0 Å². The fraction of sp³-hybridized carbons (Fsp3) is 0.455. The van der Waals surface area contributed by atoms with Crippen molar-refractivity contribution in [2.45, 2.75) is 6.10 Å². The van der Waals surface area contributed by atoms with E-state index in [1.165, 1.54) is 0 Å². The van der Waals surface area contributed by atoms with Crippen LogP contribution in [0.1, 0.15) is 11.7 Å². The number of nitrogens with one attached hydrogen (secondary N) is 1. The van der Waals surface area contributed by atoms with E-state index in [0.29, 0.717) is 0 Å². The standard InChI is InChI=1S/C11H14BrNO2/c1-14-8-2-3-10(12)9(6-8)11-7-13-4-5-15-11/h2-3,6,11,13H,4-5,7H2,1H3. The predicted molar refractivity (Wildman–Crippen MR) is 62.3 cm³/mol. The summed E-state index contributed by atoms with van der Waals surface area (Å²) in [5, 5.41) is 3.31. The van der Waals surface area contributed by atoms with Crippen molar-refractivity contribution in [3.63, 3.8) is 0 Å². The molecule has 1 atom stereocenters. The van der Waals surface area contributed by atoms with E-state index in [-0.39, 0.29) is 6.10 Å². The Hall–Kier alpha value is -0.580. The molecule has 0 aromatic heterocycles. The number of morpholine rings is 1. The SMILES string of the molecule is COc1ccc(Br)c(C2CNCCO2)c1. The van der Waals surface area contributed by atoms with Gasteiger partial charge in [0, 0.05) is 17.6 Å². The lowest BCUT2D eigenvalue weighted by atomic mass is 10.1. The molecule has 0 saturated carbocycles. The zero-order valence-electron chi connectivity index (χ0n) is 8.63. The summed E-state index contributed by atoms with van der Waals surface area (Å²) in [4.78, 5) is 0. The minimum absolute atomic E-state index is 0.114. The van der Waals surface area contributed by atoms with Gasteiger partial charge in [-0.05, 0) is 23.8 Å². The maximum atomic E-state index is 5.70. The fourth-order valence-electron chi connectivity index (χ4n) is 1.66. The van der Waals surface area contributed by atoms with Gasteiger partial charge in [0.15, 0.2) is 0 Å². The minimum Gasteiger partial charge on any atom is -0.497 e. The van der Waals surface area contributed by atoms with Crippen LogP contribution in [0.5, 0.6) is 5.75 Å². The van der Waals surface area contributed by atoms with Crippen LogP contribution in [0.4, 0.5) is 0 Å². The highest BCUT2D eigenvalue weighted by atomic mass is 79.9. The topological polar surface area (TPSA) is 30.5 Å². The van der Waals surface area contributed by atoms with Crippen molar-refractivity contribution in [1.29, 1.82) is 0 Å². The predicted octanol–water partition coefficient (Wildman–Crippen LogP) is 2.12. The number of benzene rings is 1. The van der Waals surface area contributed by atoms with E-state index in [2.05, 4.69) is 21.2 Å². The molecule has 1 aromatic rings. The van der Waals surface area contributed by atoms with Gasteiger partial charge in [-0.2, -0.15) is 0 Å².